The summed E-state index contributed by atoms with van der Waals surface area (Å²) >= 11 is 0. The number of alkyl halides is 3. The van der Waals surface area contributed by atoms with Crippen molar-refractivity contribution in [1.82, 2.24) is 4.98 Å². The SMILES string of the molecule is Cc1cc(N)c(C(F)(F)F)cn1. The van der Waals surface area contributed by atoms with E-state index < -0.39 is 11.7 Å². The van der Waals surface area contributed by atoms with Gasteiger partial charge in [0.25, 0.3) is 0 Å². The number of hydrogen-bond donors (Lipinski definition) is 1. The Kier molecular flexibility index (Phi) is 1.95. The lowest BCUT2D eigenvalue weighted by atomic mass is 10.2. The molecule has 1 aromatic heterocycles. The summed E-state index contributed by atoms with van der Waals surface area (Å²) in [6.45, 7) is 1.58. The highest BCUT2D eigenvalue weighted by atomic mass is 19.4. The van der Waals surface area contributed by atoms with Gasteiger partial charge in [-0.1, -0.05) is 0 Å². The van der Waals surface area contributed by atoms with Crippen LogP contribution in [0.3, 0.4) is 0 Å². The van der Waals surface area contributed by atoms with E-state index in [4.69, 9.17) is 5.73 Å². The minimum absolute atomic E-state index is 0.282. The van der Waals surface area contributed by atoms with Crippen molar-refractivity contribution in [2.24, 2.45) is 0 Å². The highest BCUT2D eigenvalue weighted by molar-refractivity contribution is 5.47. The Bertz CT molecular complexity index is 293. The minimum atomic E-state index is -4.41. The molecule has 0 atom stereocenters. The van der Waals surface area contributed by atoms with Crippen LogP contribution < -0.4 is 5.73 Å². The van der Waals surface area contributed by atoms with Gasteiger partial charge in [-0.25, -0.2) is 0 Å². The monoisotopic (exact) mass is 176 g/mol. The molecular formula is C7H7F3N2. The van der Waals surface area contributed by atoms with Gasteiger partial charge < -0.3 is 5.73 Å². The van der Waals surface area contributed by atoms with E-state index in [1.165, 1.54) is 6.07 Å². The van der Waals surface area contributed by atoms with E-state index in [0.717, 1.165) is 6.20 Å². The van der Waals surface area contributed by atoms with Crippen LogP contribution >= 0.6 is 0 Å². The summed E-state index contributed by atoms with van der Waals surface area (Å²) in [5.74, 6) is 0. The zero-order chi connectivity index (χ0) is 9.35. The third-order valence-corrected chi connectivity index (χ3v) is 1.38. The topological polar surface area (TPSA) is 38.9 Å². The highest BCUT2D eigenvalue weighted by Gasteiger charge is 2.33. The first-order chi connectivity index (χ1) is 5.41. The number of aryl methyl sites for hydroxylation is 1. The van der Waals surface area contributed by atoms with Gasteiger partial charge in [-0.2, -0.15) is 13.2 Å². The number of halogens is 3. The lowest BCUT2D eigenvalue weighted by Crippen LogP contribution is -2.09. The van der Waals surface area contributed by atoms with Crippen LogP contribution in [0.15, 0.2) is 12.3 Å². The van der Waals surface area contributed by atoms with E-state index in [1.807, 2.05) is 0 Å². The van der Waals surface area contributed by atoms with Gasteiger partial charge >= 0.3 is 6.18 Å². The van der Waals surface area contributed by atoms with E-state index in [2.05, 4.69) is 4.98 Å². The number of nitrogen functional groups attached to an aromatic ring is 1. The molecule has 0 spiro atoms. The Labute approximate surface area is 67.2 Å². The first kappa shape index (κ1) is 8.83. The Balaban J connectivity index is 3.19. The van der Waals surface area contributed by atoms with E-state index in [0.29, 0.717) is 5.69 Å². The molecule has 0 saturated carbocycles. The Morgan fingerprint density at radius 3 is 2.42 bits per heavy atom. The molecule has 1 heterocycles. The first-order valence-corrected chi connectivity index (χ1v) is 3.20. The molecule has 2 nitrogen and oxygen atoms in total. The summed E-state index contributed by atoms with van der Waals surface area (Å²) in [5, 5.41) is 0. The second-order valence-corrected chi connectivity index (χ2v) is 2.41. The van der Waals surface area contributed by atoms with Crippen LogP contribution in [0.5, 0.6) is 0 Å². The third kappa shape index (κ3) is 1.66. The van der Waals surface area contributed by atoms with Gasteiger partial charge in [-0.05, 0) is 13.0 Å². The summed E-state index contributed by atoms with van der Waals surface area (Å²) in [7, 11) is 0. The van der Waals surface area contributed by atoms with Crippen molar-refractivity contribution < 1.29 is 13.2 Å². The molecule has 5 heteroatoms. The maximum atomic E-state index is 12.1. The number of anilines is 1. The number of nitrogens with zero attached hydrogens (tertiary/aromatic N) is 1. The molecule has 0 amide bonds. The fourth-order valence-electron chi connectivity index (χ4n) is 0.818. The molecule has 1 rings (SSSR count). The lowest BCUT2D eigenvalue weighted by Gasteiger charge is -2.08. The number of aromatic nitrogens is 1. The third-order valence-electron chi connectivity index (χ3n) is 1.38. The smallest absolute Gasteiger partial charge is 0.398 e. The van der Waals surface area contributed by atoms with Crippen molar-refractivity contribution in [3.05, 3.63) is 23.5 Å². The van der Waals surface area contributed by atoms with Crippen molar-refractivity contribution >= 4 is 5.69 Å². The molecule has 0 fully saturated rings. The second kappa shape index (κ2) is 2.66. The van der Waals surface area contributed by atoms with Crippen molar-refractivity contribution in [2.75, 3.05) is 5.73 Å². The first-order valence-electron chi connectivity index (χ1n) is 3.20. The summed E-state index contributed by atoms with van der Waals surface area (Å²) in [6.07, 6.45) is -3.67. The van der Waals surface area contributed by atoms with Gasteiger partial charge in [0, 0.05) is 17.6 Å². The molecule has 0 saturated heterocycles. The molecule has 12 heavy (non-hydrogen) atoms. The number of hydrogen-bond acceptors (Lipinski definition) is 2. The molecule has 0 bridgehead atoms. The van der Waals surface area contributed by atoms with E-state index >= 15 is 0 Å². The number of rotatable bonds is 0. The van der Waals surface area contributed by atoms with Crippen LogP contribution in [0.4, 0.5) is 18.9 Å². The fourth-order valence-corrected chi connectivity index (χ4v) is 0.818. The van der Waals surface area contributed by atoms with Crippen LogP contribution in [0, 0.1) is 6.92 Å². The van der Waals surface area contributed by atoms with Crippen molar-refractivity contribution in [3.63, 3.8) is 0 Å². The van der Waals surface area contributed by atoms with E-state index in [1.54, 1.807) is 6.92 Å². The molecule has 0 radical (unpaired) electrons. The van der Waals surface area contributed by atoms with Crippen molar-refractivity contribution in [3.8, 4) is 0 Å². The number of nitrogens with two attached hydrogens (primary N) is 1. The highest BCUT2D eigenvalue weighted by Crippen LogP contribution is 2.32. The zero-order valence-corrected chi connectivity index (χ0v) is 6.31. The lowest BCUT2D eigenvalue weighted by molar-refractivity contribution is -0.137. The molecule has 0 unspecified atom stereocenters. The quantitative estimate of drug-likeness (QED) is 0.656. The predicted molar refractivity (Wildman–Crippen MR) is 38.4 cm³/mol. The van der Waals surface area contributed by atoms with Crippen molar-refractivity contribution in [2.45, 2.75) is 13.1 Å². The molecular weight excluding hydrogens is 169 g/mol. The van der Waals surface area contributed by atoms with Crippen LogP contribution in [0.25, 0.3) is 0 Å². The Hall–Kier alpha value is -1.26. The minimum Gasteiger partial charge on any atom is -0.398 e. The summed E-state index contributed by atoms with van der Waals surface area (Å²) in [6, 6.07) is 1.20. The molecule has 0 aromatic carbocycles. The molecule has 0 aliphatic heterocycles. The molecule has 0 aliphatic carbocycles. The standard InChI is InChI=1S/C7H7F3N2/c1-4-2-6(11)5(3-12-4)7(8,9)10/h2-3H,1H3,(H2,11,12). The Morgan fingerprint density at radius 1 is 1.42 bits per heavy atom. The predicted octanol–water partition coefficient (Wildman–Crippen LogP) is 1.99. The largest absolute Gasteiger partial charge is 0.419 e. The van der Waals surface area contributed by atoms with Crippen molar-refractivity contribution in [1.29, 1.82) is 0 Å². The molecule has 0 aliphatic rings. The summed E-state index contributed by atoms with van der Waals surface area (Å²) in [4.78, 5) is 3.51. The molecule has 2 N–H and O–H groups in total. The molecule has 66 valence electrons. The van der Waals surface area contributed by atoms with Gasteiger partial charge in [0.2, 0.25) is 0 Å². The normalized spacial score (nSPS) is 11.7. The van der Waals surface area contributed by atoms with Crippen LogP contribution in [0.1, 0.15) is 11.3 Å². The van der Waals surface area contributed by atoms with E-state index in [9.17, 15) is 13.2 Å². The Morgan fingerprint density at radius 2 is 2.00 bits per heavy atom. The average molecular weight is 176 g/mol. The van der Waals surface area contributed by atoms with Crippen LogP contribution in [-0.4, -0.2) is 4.98 Å². The molecule has 1 aromatic rings. The second-order valence-electron chi connectivity index (χ2n) is 2.41. The van der Waals surface area contributed by atoms with Crippen LogP contribution in [0.2, 0.25) is 0 Å². The van der Waals surface area contributed by atoms with Gasteiger partial charge in [-0.3, -0.25) is 4.98 Å². The summed E-state index contributed by atoms with van der Waals surface area (Å²) in [5.41, 5.74) is 4.46. The van der Waals surface area contributed by atoms with Gasteiger partial charge in [0.1, 0.15) is 0 Å². The zero-order valence-electron chi connectivity index (χ0n) is 6.31. The van der Waals surface area contributed by atoms with E-state index in [-0.39, 0.29) is 5.69 Å². The summed E-state index contributed by atoms with van der Waals surface area (Å²) < 4.78 is 36.2. The van der Waals surface area contributed by atoms with Gasteiger partial charge in [-0.15, -0.1) is 0 Å². The average Bonchev–Trinajstić information content (AvgIpc) is 1.83. The maximum Gasteiger partial charge on any atom is 0.419 e. The van der Waals surface area contributed by atoms with Crippen LogP contribution in [-0.2, 0) is 6.18 Å². The number of pyridine rings is 1. The maximum absolute atomic E-state index is 12.1. The van der Waals surface area contributed by atoms with Gasteiger partial charge in [0.05, 0.1) is 5.56 Å². The fraction of sp³-hybridized carbons (Fsp3) is 0.286. The van der Waals surface area contributed by atoms with Gasteiger partial charge in [0.15, 0.2) is 0 Å².